The minimum atomic E-state index is 0.961. The molecule has 0 fully saturated rings. The molecule has 3 heteroatoms. The number of hydrogen-bond donors (Lipinski definition) is 2. The highest BCUT2D eigenvalue weighted by atomic mass is 16.5. The van der Waals surface area contributed by atoms with Crippen LogP contribution in [0.4, 0.5) is 0 Å². The monoisotopic (exact) mass is 295 g/mol. The van der Waals surface area contributed by atoms with Crippen LogP contribution in [0.15, 0.2) is 48.7 Å². The van der Waals surface area contributed by atoms with Crippen LogP contribution < -0.4 is 10.1 Å². The van der Waals surface area contributed by atoms with Crippen LogP contribution in [0.3, 0.4) is 0 Å². The fourth-order valence-corrected chi connectivity index (χ4v) is 2.93. The molecule has 1 aromatic heterocycles. The van der Waals surface area contributed by atoms with Crippen molar-refractivity contribution in [3.05, 3.63) is 65.4 Å². The van der Waals surface area contributed by atoms with E-state index < -0.39 is 0 Å². The number of fused-ring (bicyclic) bond motifs is 1. The smallest absolute Gasteiger partial charge is 0.121 e. The highest BCUT2D eigenvalue weighted by Gasteiger charge is 2.05. The van der Waals surface area contributed by atoms with Crippen molar-refractivity contribution in [3.63, 3.8) is 0 Å². The Morgan fingerprint density at radius 3 is 2.82 bits per heavy atom. The molecule has 0 spiro atoms. The summed E-state index contributed by atoms with van der Waals surface area (Å²) in [6.45, 7) is 4.19. The third-order valence-electron chi connectivity index (χ3n) is 4.13. The average Bonchev–Trinajstić information content (AvgIpc) is 2.95. The zero-order valence-corrected chi connectivity index (χ0v) is 13.2. The van der Waals surface area contributed by atoms with Crippen LogP contribution >= 0.6 is 0 Å². The normalized spacial score (nSPS) is 11.0. The summed E-state index contributed by atoms with van der Waals surface area (Å²) in [7, 11) is 1.72. The number of quaternary nitrogens is 1. The van der Waals surface area contributed by atoms with Gasteiger partial charge in [-0.3, -0.25) is 0 Å². The molecule has 3 rings (SSSR count). The van der Waals surface area contributed by atoms with Crippen molar-refractivity contribution in [1.29, 1.82) is 0 Å². The van der Waals surface area contributed by atoms with E-state index in [1.165, 1.54) is 27.6 Å². The summed E-state index contributed by atoms with van der Waals surface area (Å²) in [5, 5.41) is 3.71. The first kappa shape index (κ1) is 14.7. The third-order valence-corrected chi connectivity index (χ3v) is 4.13. The Labute approximate surface area is 131 Å². The summed E-state index contributed by atoms with van der Waals surface area (Å²) < 4.78 is 5.30. The summed E-state index contributed by atoms with van der Waals surface area (Å²) >= 11 is 0. The van der Waals surface area contributed by atoms with Gasteiger partial charge in [0.2, 0.25) is 0 Å². The van der Waals surface area contributed by atoms with Gasteiger partial charge in [0.15, 0.2) is 0 Å². The zero-order chi connectivity index (χ0) is 15.4. The number of nitrogens with one attached hydrogen (secondary N) is 1. The summed E-state index contributed by atoms with van der Waals surface area (Å²) in [5.74, 6) is 0.961. The summed E-state index contributed by atoms with van der Waals surface area (Å²) in [5.41, 5.74) is 5.17. The SMILES string of the molecule is COc1ccc(C[NH2+]CCc2c[nH]c3ccccc23)cc1C. The van der Waals surface area contributed by atoms with E-state index in [2.05, 4.69) is 65.9 Å². The van der Waals surface area contributed by atoms with Gasteiger partial charge in [0.1, 0.15) is 12.3 Å². The van der Waals surface area contributed by atoms with Crippen LogP contribution in [-0.2, 0) is 13.0 Å². The minimum Gasteiger partial charge on any atom is -0.496 e. The van der Waals surface area contributed by atoms with Gasteiger partial charge in [-0.05, 0) is 42.3 Å². The van der Waals surface area contributed by atoms with Gasteiger partial charge in [0, 0.05) is 29.1 Å². The van der Waals surface area contributed by atoms with Crippen LogP contribution in [0.5, 0.6) is 5.75 Å². The maximum Gasteiger partial charge on any atom is 0.121 e. The van der Waals surface area contributed by atoms with Crippen LogP contribution in [0.25, 0.3) is 10.9 Å². The summed E-state index contributed by atoms with van der Waals surface area (Å²) in [6, 6.07) is 14.9. The molecule has 1 heterocycles. The quantitative estimate of drug-likeness (QED) is 0.675. The molecule has 0 radical (unpaired) electrons. The Bertz CT molecular complexity index is 761. The summed E-state index contributed by atoms with van der Waals surface area (Å²) in [6.07, 6.45) is 3.22. The van der Waals surface area contributed by atoms with Crippen LogP contribution in [0.2, 0.25) is 0 Å². The molecule has 2 aromatic carbocycles. The van der Waals surface area contributed by atoms with E-state index in [4.69, 9.17) is 4.74 Å². The fraction of sp³-hybridized carbons (Fsp3) is 0.263. The van der Waals surface area contributed by atoms with E-state index in [0.717, 1.165) is 25.3 Å². The second-order valence-electron chi connectivity index (χ2n) is 5.69. The lowest BCUT2D eigenvalue weighted by molar-refractivity contribution is -0.670. The molecule has 0 bridgehead atoms. The Balaban J connectivity index is 1.54. The lowest BCUT2D eigenvalue weighted by atomic mass is 10.1. The molecule has 0 unspecified atom stereocenters. The predicted molar refractivity (Wildman–Crippen MR) is 90.2 cm³/mol. The number of aromatic nitrogens is 1. The maximum atomic E-state index is 5.30. The van der Waals surface area contributed by atoms with Gasteiger partial charge in [0.05, 0.1) is 13.7 Å². The molecule has 0 atom stereocenters. The Morgan fingerprint density at radius 1 is 1.14 bits per heavy atom. The van der Waals surface area contributed by atoms with E-state index in [-0.39, 0.29) is 0 Å². The number of para-hydroxylation sites is 1. The molecule has 0 saturated heterocycles. The van der Waals surface area contributed by atoms with Gasteiger partial charge in [-0.15, -0.1) is 0 Å². The number of aromatic amines is 1. The van der Waals surface area contributed by atoms with Gasteiger partial charge in [-0.1, -0.05) is 18.2 Å². The first-order valence-corrected chi connectivity index (χ1v) is 7.78. The van der Waals surface area contributed by atoms with E-state index in [9.17, 15) is 0 Å². The molecule has 0 saturated carbocycles. The Morgan fingerprint density at radius 2 is 2.00 bits per heavy atom. The molecule has 22 heavy (non-hydrogen) atoms. The zero-order valence-electron chi connectivity index (χ0n) is 13.2. The maximum absolute atomic E-state index is 5.30. The van der Waals surface area contributed by atoms with Crippen LogP contribution in [-0.4, -0.2) is 18.6 Å². The van der Waals surface area contributed by atoms with E-state index in [0.29, 0.717) is 0 Å². The predicted octanol–water partition coefficient (Wildman–Crippen LogP) is 2.79. The van der Waals surface area contributed by atoms with Crippen molar-refractivity contribution in [1.82, 2.24) is 4.98 Å². The fourth-order valence-electron chi connectivity index (χ4n) is 2.93. The molecule has 0 aliphatic carbocycles. The number of nitrogens with two attached hydrogens (primary N) is 1. The van der Waals surface area contributed by atoms with Crippen molar-refractivity contribution >= 4 is 10.9 Å². The number of H-pyrrole nitrogens is 1. The van der Waals surface area contributed by atoms with Crippen molar-refractivity contribution in [2.75, 3.05) is 13.7 Å². The molecule has 3 aromatic rings. The van der Waals surface area contributed by atoms with Crippen molar-refractivity contribution < 1.29 is 10.1 Å². The van der Waals surface area contributed by atoms with Gasteiger partial charge in [0.25, 0.3) is 0 Å². The van der Waals surface area contributed by atoms with Crippen molar-refractivity contribution in [2.24, 2.45) is 0 Å². The van der Waals surface area contributed by atoms with Gasteiger partial charge < -0.3 is 15.0 Å². The molecular weight excluding hydrogens is 272 g/mol. The molecule has 114 valence electrons. The number of benzene rings is 2. The first-order valence-electron chi connectivity index (χ1n) is 7.78. The average molecular weight is 295 g/mol. The second kappa shape index (κ2) is 6.67. The first-order chi connectivity index (χ1) is 10.8. The standard InChI is InChI=1S/C19H22N2O/c1-14-11-15(7-8-19(14)22-2)12-20-10-9-16-13-21-18-6-4-3-5-17(16)18/h3-8,11,13,20-21H,9-10,12H2,1-2H3/p+1. The van der Waals surface area contributed by atoms with Crippen molar-refractivity contribution in [3.8, 4) is 5.75 Å². The van der Waals surface area contributed by atoms with Crippen LogP contribution in [0.1, 0.15) is 16.7 Å². The topological polar surface area (TPSA) is 41.6 Å². The Kier molecular flexibility index (Phi) is 4.45. The molecule has 0 aliphatic rings. The third kappa shape index (κ3) is 3.15. The number of methoxy groups -OCH3 is 1. The van der Waals surface area contributed by atoms with E-state index >= 15 is 0 Å². The largest absolute Gasteiger partial charge is 0.496 e. The van der Waals surface area contributed by atoms with Crippen LogP contribution in [0, 0.1) is 6.92 Å². The molecule has 3 nitrogen and oxygen atoms in total. The van der Waals surface area contributed by atoms with Crippen molar-refractivity contribution in [2.45, 2.75) is 19.9 Å². The minimum absolute atomic E-state index is 0.961. The van der Waals surface area contributed by atoms with E-state index in [1.807, 2.05) is 0 Å². The molecule has 0 aliphatic heterocycles. The lowest BCUT2D eigenvalue weighted by Gasteiger charge is -2.07. The summed E-state index contributed by atoms with van der Waals surface area (Å²) in [4.78, 5) is 3.34. The lowest BCUT2D eigenvalue weighted by Crippen LogP contribution is -2.83. The molecule has 0 amide bonds. The van der Waals surface area contributed by atoms with E-state index in [1.54, 1.807) is 7.11 Å². The van der Waals surface area contributed by atoms with Gasteiger partial charge >= 0.3 is 0 Å². The highest BCUT2D eigenvalue weighted by molar-refractivity contribution is 5.82. The number of hydrogen-bond acceptors (Lipinski definition) is 1. The Hall–Kier alpha value is -2.26. The van der Waals surface area contributed by atoms with Gasteiger partial charge in [-0.25, -0.2) is 0 Å². The molecular formula is C19H23N2O+. The number of rotatable bonds is 6. The highest BCUT2D eigenvalue weighted by Crippen LogP contribution is 2.18. The number of aryl methyl sites for hydroxylation is 1. The van der Waals surface area contributed by atoms with Gasteiger partial charge in [-0.2, -0.15) is 0 Å². The second-order valence-corrected chi connectivity index (χ2v) is 5.69. The number of ether oxygens (including phenoxy) is 1. The molecule has 3 N–H and O–H groups in total.